The van der Waals surface area contributed by atoms with Crippen LogP contribution >= 0.6 is 11.8 Å². The second-order valence-corrected chi connectivity index (χ2v) is 9.18. The molecular weight excluding hydrogens is 463 g/mol. The van der Waals surface area contributed by atoms with Crippen LogP contribution in [0.4, 0.5) is 10.1 Å². The predicted octanol–water partition coefficient (Wildman–Crippen LogP) is 4.81. The lowest BCUT2D eigenvalue weighted by molar-refractivity contribution is -0.125. The van der Waals surface area contributed by atoms with Crippen LogP contribution in [0, 0.1) is 5.82 Å². The largest absolute Gasteiger partial charge is 0.352 e. The van der Waals surface area contributed by atoms with Crippen LogP contribution in [-0.2, 0) is 21.9 Å². The summed E-state index contributed by atoms with van der Waals surface area (Å²) in [5, 5.41) is 3.36. The first kappa shape index (κ1) is 23.0. The molecule has 1 atom stereocenters. The van der Waals surface area contributed by atoms with E-state index in [1.807, 2.05) is 54.6 Å². The molecule has 6 nitrogen and oxygen atoms in total. The second kappa shape index (κ2) is 10.2. The van der Waals surface area contributed by atoms with E-state index in [-0.39, 0.29) is 24.1 Å². The molecule has 0 aromatic heterocycles. The Balaban J connectivity index is 1.29. The molecule has 0 bridgehead atoms. The maximum atomic E-state index is 14.1. The van der Waals surface area contributed by atoms with Crippen LogP contribution in [-0.4, -0.2) is 33.8 Å². The molecular formula is C27H23FN4O2S. The number of para-hydroxylation sites is 1. The van der Waals surface area contributed by atoms with Crippen LogP contribution in [0.5, 0.6) is 0 Å². The molecule has 35 heavy (non-hydrogen) atoms. The van der Waals surface area contributed by atoms with Gasteiger partial charge in [0, 0.05) is 24.3 Å². The lowest BCUT2D eigenvalue weighted by Gasteiger charge is -2.25. The molecule has 0 spiro atoms. The molecule has 1 N–H and O–H groups in total. The molecule has 0 saturated carbocycles. The molecule has 2 aliphatic rings. The van der Waals surface area contributed by atoms with Gasteiger partial charge in [-0.15, -0.1) is 0 Å². The van der Waals surface area contributed by atoms with Gasteiger partial charge in [0.2, 0.25) is 5.91 Å². The highest BCUT2D eigenvalue weighted by atomic mass is 32.2. The normalized spacial score (nSPS) is 16.3. The van der Waals surface area contributed by atoms with E-state index in [9.17, 15) is 14.0 Å². The summed E-state index contributed by atoms with van der Waals surface area (Å²) in [6, 6.07) is 23.1. The highest BCUT2D eigenvalue weighted by Crippen LogP contribution is 2.35. The summed E-state index contributed by atoms with van der Waals surface area (Å²) in [6.07, 6.45) is 0.483. The van der Waals surface area contributed by atoms with Crippen LogP contribution in [0.25, 0.3) is 0 Å². The molecule has 0 aliphatic carbocycles. The number of carbonyl (C=O) groups is 2. The van der Waals surface area contributed by atoms with Gasteiger partial charge in [-0.1, -0.05) is 72.4 Å². The van der Waals surface area contributed by atoms with E-state index >= 15 is 0 Å². The molecule has 3 aromatic rings. The predicted molar refractivity (Wildman–Crippen MR) is 136 cm³/mol. The zero-order valence-electron chi connectivity index (χ0n) is 18.9. The van der Waals surface area contributed by atoms with Gasteiger partial charge < -0.3 is 5.32 Å². The molecule has 0 radical (unpaired) electrons. The number of amides is 2. The first-order chi connectivity index (χ1) is 17.1. The van der Waals surface area contributed by atoms with Crippen molar-refractivity contribution in [1.82, 2.24) is 10.2 Å². The number of rotatable bonds is 7. The number of fused-ring (bicyclic) bond motifs is 3. The Kier molecular flexibility index (Phi) is 6.72. The zero-order chi connectivity index (χ0) is 24.2. The standard InChI is InChI=1S/C27H23FN4O2S/c28-21-12-6-4-10-19(21)17-35-27-31-22-13-7-5-11-20(22)25-30-23(26(34)32(25)27)14-15-24(33)29-16-18-8-2-1-3-9-18/h1-13,23H,14-17H2,(H,29,33)/t23-/m0/s1. The Morgan fingerprint density at radius 3 is 2.57 bits per heavy atom. The van der Waals surface area contributed by atoms with E-state index in [2.05, 4.69) is 10.3 Å². The SMILES string of the molecule is O=C(CC[C@@H]1N=C2c3ccccc3N=C(SCc3ccccc3F)N2C1=O)NCc1ccccc1. The van der Waals surface area contributed by atoms with Crippen molar-refractivity contribution < 1.29 is 14.0 Å². The summed E-state index contributed by atoms with van der Waals surface area (Å²) in [6.45, 7) is 0.440. The maximum Gasteiger partial charge on any atom is 0.259 e. The van der Waals surface area contributed by atoms with E-state index in [0.717, 1.165) is 11.1 Å². The number of nitrogens with zero attached hydrogens (tertiary/aromatic N) is 3. The molecule has 0 unspecified atom stereocenters. The van der Waals surface area contributed by atoms with Crippen molar-refractivity contribution in [2.75, 3.05) is 0 Å². The number of benzene rings is 3. The molecule has 176 valence electrons. The number of nitrogens with one attached hydrogen (secondary N) is 1. The monoisotopic (exact) mass is 486 g/mol. The van der Waals surface area contributed by atoms with Gasteiger partial charge in [0.1, 0.15) is 17.7 Å². The maximum absolute atomic E-state index is 14.1. The van der Waals surface area contributed by atoms with Crippen molar-refractivity contribution in [2.45, 2.75) is 31.2 Å². The topological polar surface area (TPSA) is 74.1 Å². The van der Waals surface area contributed by atoms with Crippen LogP contribution < -0.4 is 5.32 Å². The van der Waals surface area contributed by atoms with Gasteiger partial charge in [-0.2, -0.15) is 0 Å². The zero-order valence-corrected chi connectivity index (χ0v) is 19.7. The first-order valence-corrected chi connectivity index (χ1v) is 12.4. The number of hydrogen-bond acceptors (Lipinski definition) is 5. The third-order valence-electron chi connectivity index (χ3n) is 5.84. The fraction of sp³-hybridized carbons (Fsp3) is 0.185. The lowest BCUT2D eigenvalue weighted by atomic mass is 10.1. The van der Waals surface area contributed by atoms with Gasteiger partial charge in [0.25, 0.3) is 5.91 Å². The smallest absolute Gasteiger partial charge is 0.259 e. The van der Waals surface area contributed by atoms with Crippen molar-refractivity contribution >= 4 is 40.3 Å². The van der Waals surface area contributed by atoms with Crippen molar-refractivity contribution in [2.24, 2.45) is 9.98 Å². The number of aliphatic imine (C=N–C) groups is 2. The summed E-state index contributed by atoms with van der Waals surface area (Å²) < 4.78 is 14.1. The average Bonchev–Trinajstić information content (AvgIpc) is 3.23. The third-order valence-corrected chi connectivity index (χ3v) is 6.83. The van der Waals surface area contributed by atoms with E-state index < -0.39 is 6.04 Å². The number of carbonyl (C=O) groups excluding carboxylic acids is 2. The van der Waals surface area contributed by atoms with E-state index in [1.165, 1.54) is 22.7 Å². The molecule has 0 saturated heterocycles. The van der Waals surface area contributed by atoms with Crippen molar-refractivity contribution in [3.8, 4) is 0 Å². The Morgan fingerprint density at radius 2 is 1.74 bits per heavy atom. The van der Waals surface area contributed by atoms with E-state index in [0.29, 0.717) is 41.0 Å². The Labute approximate surface area is 207 Å². The van der Waals surface area contributed by atoms with Crippen molar-refractivity contribution in [3.05, 3.63) is 101 Å². The molecule has 8 heteroatoms. The molecule has 2 heterocycles. The third kappa shape index (κ3) is 5.02. The average molecular weight is 487 g/mol. The van der Waals surface area contributed by atoms with Gasteiger partial charge in [0.15, 0.2) is 5.17 Å². The summed E-state index contributed by atoms with van der Waals surface area (Å²) >= 11 is 1.30. The number of halogens is 1. The second-order valence-electron chi connectivity index (χ2n) is 8.23. The minimum Gasteiger partial charge on any atom is -0.352 e. The van der Waals surface area contributed by atoms with Gasteiger partial charge in [0.05, 0.1) is 5.69 Å². The van der Waals surface area contributed by atoms with Gasteiger partial charge >= 0.3 is 0 Å². The minimum atomic E-state index is -0.669. The quantitative estimate of drug-likeness (QED) is 0.521. The summed E-state index contributed by atoms with van der Waals surface area (Å²) in [7, 11) is 0. The fourth-order valence-electron chi connectivity index (χ4n) is 4.00. The lowest BCUT2D eigenvalue weighted by Crippen LogP contribution is -2.41. The molecule has 2 amide bonds. The molecule has 5 rings (SSSR count). The highest BCUT2D eigenvalue weighted by molar-refractivity contribution is 8.13. The number of hydrogen-bond donors (Lipinski definition) is 1. The van der Waals surface area contributed by atoms with E-state index in [4.69, 9.17) is 4.99 Å². The number of thioether (sulfide) groups is 1. The van der Waals surface area contributed by atoms with Crippen LogP contribution in [0.15, 0.2) is 88.8 Å². The van der Waals surface area contributed by atoms with Gasteiger partial charge in [-0.3, -0.25) is 14.6 Å². The van der Waals surface area contributed by atoms with Gasteiger partial charge in [-0.25, -0.2) is 14.3 Å². The molecule has 3 aromatic carbocycles. The van der Waals surface area contributed by atoms with Crippen LogP contribution in [0.2, 0.25) is 0 Å². The highest BCUT2D eigenvalue weighted by Gasteiger charge is 2.41. The first-order valence-electron chi connectivity index (χ1n) is 11.4. The summed E-state index contributed by atoms with van der Waals surface area (Å²) in [5.41, 5.74) is 3.04. The summed E-state index contributed by atoms with van der Waals surface area (Å²) in [5.74, 6) is 0.223. The Hall–Kier alpha value is -3.78. The van der Waals surface area contributed by atoms with Crippen molar-refractivity contribution in [1.29, 1.82) is 0 Å². The van der Waals surface area contributed by atoms with Gasteiger partial charge in [-0.05, 0) is 35.7 Å². The van der Waals surface area contributed by atoms with Crippen LogP contribution in [0.3, 0.4) is 0 Å². The minimum absolute atomic E-state index is 0.130. The fourth-order valence-corrected chi connectivity index (χ4v) is 4.98. The Bertz CT molecular complexity index is 1330. The Morgan fingerprint density at radius 1 is 1.00 bits per heavy atom. The summed E-state index contributed by atoms with van der Waals surface area (Å²) in [4.78, 5) is 36.6. The molecule has 0 fully saturated rings. The number of amidine groups is 2. The molecule has 2 aliphatic heterocycles. The van der Waals surface area contributed by atoms with Crippen LogP contribution in [0.1, 0.15) is 29.5 Å². The van der Waals surface area contributed by atoms with Crippen molar-refractivity contribution in [3.63, 3.8) is 0 Å². The van der Waals surface area contributed by atoms with E-state index in [1.54, 1.807) is 18.2 Å².